The van der Waals surface area contributed by atoms with Gasteiger partial charge < -0.3 is 15.4 Å². The van der Waals surface area contributed by atoms with Gasteiger partial charge >= 0.3 is 12.2 Å². The smallest absolute Gasteiger partial charge is 0.382 e. The molecule has 2 N–H and O–H groups in total. The third-order valence-corrected chi connectivity index (χ3v) is 3.83. The Kier molecular flexibility index (Phi) is 6.88. The van der Waals surface area contributed by atoms with Gasteiger partial charge in [0, 0.05) is 18.7 Å². The molecule has 0 radical (unpaired) electrons. The number of halogens is 4. The number of alkyl halides is 3. The first-order valence-electron chi connectivity index (χ1n) is 7.74. The third-order valence-electron chi connectivity index (χ3n) is 3.60. The minimum Gasteiger partial charge on any atom is -0.382 e. The van der Waals surface area contributed by atoms with Crippen molar-refractivity contribution in [2.45, 2.75) is 18.8 Å². The second-order valence-electron chi connectivity index (χ2n) is 5.59. The van der Waals surface area contributed by atoms with Crippen molar-refractivity contribution in [3.05, 3.63) is 70.2 Å². The van der Waals surface area contributed by atoms with Crippen LogP contribution in [0.15, 0.2) is 48.5 Å². The maximum absolute atomic E-state index is 12.9. The zero-order chi connectivity index (χ0) is 19.2. The number of benzene rings is 2. The first kappa shape index (κ1) is 20.1. The molecule has 8 heteroatoms. The number of methoxy groups -OCH3 is 1. The summed E-state index contributed by atoms with van der Waals surface area (Å²) in [6.07, 6.45) is -4.46. The zero-order valence-corrected chi connectivity index (χ0v) is 14.7. The predicted molar refractivity (Wildman–Crippen MR) is 92.9 cm³/mol. The molecule has 0 fully saturated rings. The molecule has 26 heavy (non-hydrogen) atoms. The van der Waals surface area contributed by atoms with E-state index < -0.39 is 23.8 Å². The first-order chi connectivity index (χ1) is 12.3. The Hall–Kier alpha value is -2.25. The minimum atomic E-state index is -4.46. The number of hydrogen-bond donors (Lipinski definition) is 2. The zero-order valence-electron chi connectivity index (χ0n) is 13.9. The lowest BCUT2D eigenvalue weighted by Gasteiger charge is -2.20. The van der Waals surface area contributed by atoms with E-state index >= 15 is 0 Å². The van der Waals surface area contributed by atoms with Crippen molar-refractivity contribution in [3.8, 4) is 0 Å². The van der Waals surface area contributed by atoms with Gasteiger partial charge in [0.25, 0.3) is 0 Å². The van der Waals surface area contributed by atoms with Crippen LogP contribution < -0.4 is 10.6 Å². The van der Waals surface area contributed by atoms with Crippen LogP contribution in [0.2, 0.25) is 5.02 Å². The molecule has 0 bridgehead atoms. The lowest BCUT2D eigenvalue weighted by molar-refractivity contribution is -0.137. The summed E-state index contributed by atoms with van der Waals surface area (Å²) in [4.78, 5) is 12.1. The van der Waals surface area contributed by atoms with E-state index in [2.05, 4.69) is 10.6 Å². The molecule has 0 heterocycles. The largest absolute Gasteiger partial charge is 0.416 e. The van der Waals surface area contributed by atoms with Gasteiger partial charge in [-0.3, -0.25) is 0 Å². The highest BCUT2D eigenvalue weighted by Crippen LogP contribution is 2.30. The predicted octanol–water partition coefficient (Wildman–Crippen LogP) is 4.55. The van der Waals surface area contributed by atoms with E-state index in [1.54, 1.807) is 24.3 Å². The van der Waals surface area contributed by atoms with E-state index in [0.717, 1.165) is 17.7 Å². The van der Waals surface area contributed by atoms with E-state index in [1.165, 1.54) is 19.2 Å². The summed E-state index contributed by atoms with van der Waals surface area (Å²) < 4.78 is 43.7. The van der Waals surface area contributed by atoms with E-state index in [9.17, 15) is 18.0 Å². The van der Waals surface area contributed by atoms with Crippen LogP contribution in [0.4, 0.5) is 18.0 Å². The van der Waals surface area contributed by atoms with Gasteiger partial charge in [-0.05, 0) is 35.4 Å². The van der Waals surface area contributed by atoms with Crippen LogP contribution in [-0.2, 0) is 17.5 Å². The summed E-state index contributed by atoms with van der Waals surface area (Å²) >= 11 is 5.88. The highest BCUT2D eigenvalue weighted by atomic mass is 35.5. The summed E-state index contributed by atoms with van der Waals surface area (Å²) in [5.41, 5.74) is 0.326. The van der Waals surface area contributed by atoms with Gasteiger partial charge in [-0.25, -0.2) is 4.79 Å². The van der Waals surface area contributed by atoms with E-state index in [1.807, 2.05) is 0 Å². The fourth-order valence-electron chi connectivity index (χ4n) is 2.36. The molecular weight excluding hydrogens is 369 g/mol. The summed E-state index contributed by atoms with van der Waals surface area (Å²) in [6, 6.07) is 10.5. The second kappa shape index (κ2) is 8.91. The lowest BCUT2D eigenvalue weighted by atomic mass is 10.0. The monoisotopic (exact) mass is 386 g/mol. The van der Waals surface area contributed by atoms with Gasteiger partial charge in [0.05, 0.1) is 18.2 Å². The molecule has 0 saturated heterocycles. The molecule has 0 saturated carbocycles. The van der Waals surface area contributed by atoms with Gasteiger partial charge in [-0.2, -0.15) is 13.2 Å². The summed E-state index contributed by atoms with van der Waals surface area (Å²) in [7, 11) is 1.41. The highest BCUT2D eigenvalue weighted by Gasteiger charge is 2.31. The van der Waals surface area contributed by atoms with Gasteiger partial charge in [0.1, 0.15) is 0 Å². The van der Waals surface area contributed by atoms with Crippen LogP contribution >= 0.6 is 11.6 Å². The van der Waals surface area contributed by atoms with Crippen molar-refractivity contribution < 1.29 is 22.7 Å². The number of carbonyl (C=O) groups is 1. The standard InChI is InChI=1S/C18H18ClF3N2O2/c1-26-11-16(13-5-3-6-14(9-13)18(20,21)22)24-17(25)23-10-12-4-2-7-15(19)8-12/h2-9,16H,10-11H2,1H3,(H2,23,24,25). The Labute approximate surface area is 154 Å². The SMILES string of the molecule is COCC(NC(=O)NCc1cccc(Cl)c1)c1cccc(C(F)(F)F)c1. The Bertz CT molecular complexity index is 753. The average Bonchev–Trinajstić information content (AvgIpc) is 2.59. The van der Waals surface area contributed by atoms with Gasteiger partial charge in [0.2, 0.25) is 0 Å². The first-order valence-corrected chi connectivity index (χ1v) is 8.12. The molecule has 0 aromatic heterocycles. The van der Waals surface area contributed by atoms with Crippen LogP contribution in [0, 0.1) is 0 Å². The molecule has 2 rings (SSSR count). The quantitative estimate of drug-likeness (QED) is 0.765. The number of hydrogen-bond acceptors (Lipinski definition) is 2. The van der Waals surface area contributed by atoms with Crippen LogP contribution in [-0.4, -0.2) is 19.7 Å². The topological polar surface area (TPSA) is 50.4 Å². The Balaban J connectivity index is 2.04. The lowest BCUT2D eigenvalue weighted by Crippen LogP contribution is -2.39. The summed E-state index contributed by atoms with van der Waals surface area (Å²) in [6.45, 7) is 0.264. The minimum absolute atomic E-state index is 0.0336. The normalized spacial score (nSPS) is 12.5. The number of rotatable bonds is 6. The van der Waals surface area contributed by atoms with E-state index in [0.29, 0.717) is 10.6 Å². The van der Waals surface area contributed by atoms with Gasteiger partial charge in [0.15, 0.2) is 0 Å². The highest BCUT2D eigenvalue weighted by molar-refractivity contribution is 6.30. The number of carbonyl (C=O) groups excluding carboxylic acids is 1. The van der Waals surface area contributed by atoms with Crippen LogP contribution in [0.25, 0.3) is 0 Å². The molecule has 1 atom stereocenters. The molecule has 2 amide bonds. The summed E-state index contributed by atoms with van der Waals surface area (Å²) in [5.74, 6) is 0. The average molecular weight is 387 g/mol. The van der Waals surface area contributed by atoms with Gasteiger partial charge in [-0.15, -0.1) is 0 Å². The van der Waals surface area contributed by atoms with E-state index in [-0.39, 0.29) is 13.2 Å². The molecule has 0 aliphatic heterocycles. The Morgan fingerprint density at radius 1 is 1.19 bits per heavy atom. The number of nitrogens with one attached hydrogen (secondary N) is 2. The van der Waals surface area contributed by atoms with E-state index in [4.69, 9.17) is 16.3 Å². The third kappa shape index (κ3) is 5.93. The van der Waals surface area contributed by atoms with Crippen LogP contribution in [0.3, 0.4) is 0 Å². The Morgan fingerprint density at radius 3 is 2.58 bits per heavy atom. The molecule has 140 valence electrons. The number of amides is 2. The molecule has 2 aromatic carbocycles. The molecule has 1 unspecified atom stereocenters. The van der Waals surface area contributed by atoms with Crippen molar-refractivity contribution >= 4 is 17.6 Å². The fourth-order valence-corrected chi connectivity index (χ4v) is 2.57. The van der Waals surface area contributed by atoms with Crippen molar-refractivity contribution in [1.82, 2.24) is 10.6 Å². The van der Waals surface area contributed by atoms with Crippen LogP contribution in [0.1, 0.15) is 22.7 Å². The molecule has 0 spiro atoms. The maximum atomic E-state index is 12.9. The van der Waals surface area contributed by atoms with Crippen molar-refractivity contribution in [1.29, 1.82) is 0 Å². The van der Waals surface area contributed by atoms with Crippen molar-refractivity contribution in [3.63, 3.8) is 0 Å². The fraction of sp³-hybridized carbons (Fsp3) is 0.278. The molecule has 2 aromatic rings. The maximum Gasteiger partial charge on any atom is 0.416 e. The molecular formula is C18H18ClF3N2O2. The van der Waals surface area contributed by atoms with Gasteiger partial charge in [-0.1, -0.05) is 35.9 Å². The molecule has 0 aliphatic carbocycles. The molecule has 4 nitrogen and oxygen atoms in total. The van der Waals surface area contributed by atoms with Crippen LogP contribution in [0.5, 0.6) is 0 Å². The number of ether oxygens (including phenoxy) is 1. The number of urea groups is 1. The summed E-state index contributed by atoms with van der Waals surface area (Å²) in [5, 5.41) is 5.81. The van der Waals surface area contributed by atoms with Crippen molar-refractivity contribution in [2.75, 3.05) is 13.7 Å². The second-order valence-corrected chi connectivity index (χ2v) is 6.02. The van der Waals surface area contributed by atoms with Crippen molar-refractivity contribution in [2.24, 2.45) is 0 Å². The molecule has 0 aliphatic rings. The Morgan fingerprint density at radius 2 is 1.92 bits per heavy atom.